The van der Waals surface area contributed by atoms with Crippen LogP contribution in [0.3, 0.4) is 0 Å². The molecular weight excluding hydrogens is 228 g/mol. The summed E-state index contributed by atoms with van der Waals surface area (Å²) >= 11 is 0. The maximum Gasteiger partial charge on any atom is 0.127 e. The Labute approximate surface area is 107 Å². The van der Waals surface area contributed by atoms with E-state index in [2.05, 4.69) is 0 Å². The van der Waals surface area contributed by atoms with E-state index in [0.29, 0.717) is 5.75 Å². The van der Waals surface area contributed by atoms with Gasteiger partial charge in [-0.2, -0.15) is 0 Å². The van der Waals surface area contributed by atoms with Gasteiger partial charge in [0.05, 0.1) is 7.11 Å². The third-order valence-electron chi connectivity index (χ3n) is 2.77. The lowest BCUT2D eigenvalue weighted by atomic mass is 10.2. The van der Waals surface area contributed by atoms with E-state index in [0.717, 1.165) is 22.6 Å². The molecule has 3 nitrogen and oxygen atoms in total. The third-order valence-corrected chi connectivity index (χ3v) is 2.77. The zero-order valence-corrected chi connectivity index (χ0v) is 10.7. The lowest BCUT2D eigenvalue weighted by Gasteiger charge is -2.10. The van der Waals surface area contributed by atoms with Gasteiger partial charge in [0.1, 0.15) is 23.0 Å². The van der Waals surface area contributed by atoms with Crippen LogP contribution in [0.2, 0.25) is 0 Å². The van der Waals surface area contributed by atoms with Crippen LogP contribution in [0.4, 0.5) is 0 Å². The highest BCUT2D eigenvalue weighted by Gasteiger charge is 2.03. The zero-order chi connectivity index (χ0) is 13.1. The van der Waals surface area contributed by atoms with Gasteiger partial charge >= 0.3 is 0 Å². The van der Waals surface area contributed by atoms with E-state index in [1.807, 2.05) is 32.0 Å². The van der Waals surface area contributed by atoms with Crippen molar-refractivity contribution in [2.24, 2.45) is 0 Å². The van der Waals surface area contributed by atoms with Gasteiger partial charge in [-0.05, 0) is 61.4 Å². The molecule has 0 spiro atoms. The van der Waals surface area contributed by atoms with E-state index in [4.69, 9.17) is 9.47 Å². The molecule has 0 aromatic heterocycles. The zero-order valence-electron chi connectivity index (χ0n) is 10.7. The Balaban J connectivity index is 2.23. The van der Waals surface area contributed by atoms with E-state index in [-0.39, 0.29) is 5.75 Å². The quantitative estimate of drug-likeness (QED) is 0.892. The molecule has 0 aliphatic carbocycles. The summed E-state index contributed by atoms with van der Waals surface area (Å²) in [6, 6.07) is 10.8. The molecule has 0 unspecified atom stereocenters. The molecule has 2 aromatic rings. The molecule has 0 atom stereocenters. The van der Waals surface area contributed by atoms with Crippen LogP contribution in [0.25, 0.3) is 0 Å². The van der Waals surface area contributed by atoms with Crippen molar-refractivity contribution in [2.45, 2.75) is 13.8 Å². The minimum absolute atomic E-state index is 0.272. The Morgan fingerprint density at radius 1 is 0.889 bits per heavy atom. The molecule has 18 heavy (non-hydrogen) atoms. The maximum absolute atomic E-state index is 9.45. The fraction of sp³-hybridized carbons (Fsp3) is 0.200. The minimum atomic E-state index is 0.272. The summed E-state index contributed by atoms with van der Waals surface area (Å²) in [7, 11) is 1.65. The number of phenolic OH excluding ortho intramolecular Hbond substituents is 1. The lowest BCUT2D eigenvalue weighted by Crippen LogP contribution is -1.89. The van der Waals surface area contributed by atoms with Gasteiger partial charge in [-0.25, -0.2) is 0 Å². The normalized spacial score (nSPS) is 10.2. The van der Waals surface area contributed by atoms with Crippen LogP contribution >= 0.6 is 0 Å². The molecule has 0 saturated heterocycles. The molecule has 2 aromatic carbocycles. The Bertz CT molecular complexity index is 562. The van der Waals surface area contributed by atoms with Gasteiger partial charge < -0.3 is 14.6 Å². The van der Waals surface area contributed by atoms with E-state index < -0.39 is 0 Å². The summed E-state index contributed by atoms with van der Waals surface area (Å²) in [5, 5.41) is 9.45. The van der Waals surface area contributed by atoms with Crippen LogP contribution in [0.1, 0.15) is 11.1 Å². The predicted octanol–water partition coefficient (Wildman–Crippen LogP) is 3.81. The molecule has 0 aliphatic heterocycles. The monoisotopic (exact) mass is 244 g/mol. The Morgan fingerprint density at radius 3 is 2.06 bits per heavy atom. The maximum atomic E-state index is 9.45. The van der Waals surface area contributed by atoms with Gasteiger partial charge in [-0.1, -0.05) is 0 Å². The minimum Gasteiger partial charge on any atom is -0.508 e. The fourth-order valence-corrected chi connectivity index (χ4v) is 1.74. The summed E-state index contributed by atoms with van der Waals surface area (Å²) in [5.41, 5.74) is 1.81. The van der Waals surface area contributed by atoms with E-state index in [1.165, 1.54) is 0 Å². The second kappa shape index (κ2) is 5.00. The number of phenols is 1. The first kappa shape index (κ1) is 12.3. The number of hydrogen-bond acceptors (Lipinski definition) is 3. The standard InChI is InChI=1S/C15H16O3/c1-10-8-12(4-6-14(10)16)18-13-5-7-15(17-3)11(2)9-13/h4-9,16H,1-3H3. The van der Waals surface area contributed by atoms with Crippen molar-refractivity contribution in [3.8, 4) is 23.0 Å². The summed E-state index contributed by atoms with van der Waals surface area (Å²) < 4.78 is 10.9. The predicted molar refractivity (Wildman–Crippen MR) is 70.6 cm³/mol. The number of methoxy groups -OCH3 is 1. The molecule has 0 fully saturated rings. The Hall–Kier alpha value is -2.16. The van der Waals surface area contributed by atoms with Gasteiger partial charge in [0.2, 0.25) is 0 Å². The van der Waals surface area contributed by atoms with Crippen LogP contribution in [0.5, 0.6) is 23.0 Å². The van der Waals surface area contributed by atoms with E-state index >= 15 is 0 Å². The highest BCUT2D eigenvalue weighted by molar-refractivity contribution is 5.43. The molecule has 0 bridgehead atoms. The lowest BCUT2D eigenvalue weighted by molar-refractivity contribution is 0.409. The second-order valence-corrected chi connectivity index (χ2v) is 4.18. The molecule has 3 heteroatoms. The van der Waals surface area contributed by atoms with Crippen molar-refractivity contribution < 1.29 is 14.6 Å². The Kier molecular flexibility index (Phi) is 3.42. The van der Waals surface area contributed by atoms with E-state index in [1.54, 1.807) is 25.3 Å². The number of aryl methyl sites for hydroxylation is 2. The molecule has 0 saturated carbocycles. The van der Waals surface area contributed by atoms with Gasteiger partial charge in [-0.3, -0.25) is 0 Å². The molecule has 0 aliphatic rings. The fourth-order valence-electron chi connectivity index (χ4n) is 1.74. The number of rotatable bonds is 3. The highest BCUT2D eigenvalue weighted by Crippen LogP contribution is 2.29. The second-order valence-electron chi connectivity index (χ2n) is 4.18. The van der Waals surface area contributed by atoms with Crippen LogP contribution in [0, 0.1) is 13.8 Å². The van der Waals surface area contributed by atoms with Crippen LogP contribution in [-0.2, 0) is 0 Å². The smallest absolute Gasteiger partial charge is 0.127 e. The van der Waals surface area contributed by atoms with Crippen molar-refractivity contribution in [2.75, 3.05) is 7.11 Å². The average Bonchev–Trinajstić information content (AvgIpc) is 2.34. The van der Waals surface area contributed by atoms with Gasteiger partial charge in [0.15, 0.2) is 0 Å². The molecule has 0 amide bonds. The molecule has 1 N–H and O–H groups in total. The molecule has 2 rings (SSSR count). The summed E-state index contributed by atoms with van der Waals surface area (Å²) in [6.07, 6.45) is 0. The van der Waals surface area contributed by atoms with Crippen molar-refractivity contribution in [3.63, 3.8) is 0 Å². The highest BCUT2D eigenvalue weighted by atomic mass is 16.5. The molecular formula is C15H16O3. The van der Waals surface area contributed by atoms with Crippen LogP contribution < -0.4 is 9.47 Å². The first-order valence-corrected chi connectivity index (χ1v) is 5.72. The Morgan fingerprint density at radius 2 is 1.50 bits per heavy atom. The number of ether oxygens (including phenoxy) is 2. The first-order valence-electron chi connectivity index (χ1n) is 5.72. The average molecular weight is 244 g/mol. The molecule has 0 heterocycles. The third kappa shape index (κ3) is 2.56. The van der Waals surface area contributed by atoms with Crippen LogP contribution in [0.15, 0.2) is 36.4 Å². The number of hydrogen-bond donors (Lipinski definition) is 1. The van der Waals surface area contributed by atoms with Crippen molar-refractivity contribution >= 4 is 0 Å². The van der Waals surface area contributed by atoms with Gasteiger partial charge in [0, 0.05) is 0 Å². The summed E-state index contributed by atoms with van der Waals surface area (Å²) in [5.74, 6) is 2.56. The van der Waals surface area contributed by atoms with Crippen molar-refractivity contribution in [1.82, 2.24) is 0 Å². The largest absolute Gasteiger partial charge is 0.508 e. The number of aromatic hydroxyl groups is 1. The van der Waals surface area contributed by atoms with Crippen molar-refractivity contribution in [1.29, 1.82) is 0 Å². The van der Waals surface area contributed by atoms with Crippen molar-refractivity contribution in [3.05, 3.63) is 47.5 Å². The van der Waals surface area contributed by atoms with Crippen LogP contribution in [-0.4, -0.2) is 12.2 Å². The number of benzene rings is 2. The van der Waals surface area contributed by atoms with E-state index in [9.17, 15) is 5.11 Å². The summed E-state index contributed by atoms with van der Waals surface area (Å²) in [6.45, 7) is 3.80. The first-order chi connectivity index (χ1) is 8.60. The molecule has 94 valence electrons. The summed E-state index contributed by atoms with van der Waals surface area (Å²) in [4.78, 5) is 0. The van der Waals surface area contributed by atoms with Gasteiger partial charge in [0.25, 0.3) is 0 Å². The van der Waals surface area contributed by atoms with Gasteiger partial charge in [-0.15, -0.1) is 0 Å². The topological polar surface area (TPSA) is 38.7 Å². The SMILES string of the molecule is COc1ccc(Oc2ccc(O)c(C)c2)cc1C. The molecule has 0 radical (unpaired) electrons.